The van der Waals surface area contributed by atoms with Crippen LogP contribution in [0.2, 0.25) is 0 Å². The van der Waals surface area contributed by atoms with E-state index in [1.54, 1.807) is 0 Å². The van der Waals surface area contributed by atoms with Gasteiger partial charge in [0.05, 0.1) is 6.54 Å². The van der Waals surface area contributed by atoms with Gasteiger partial charge in [0.2, 0.25) is 0 Å². The third-order valence-corrected chi connectivity index (χ3v) is 2.16. The van der Waals surface area contributed by atoms with Crippen LogP contribution in [0.25, 0.3) is 0 Å². The normalized spacial score (nSPS) is 9.71. The zero-order valence-electron chi connectivity index (χ0n) is 8.72. The van der Waals surface area contributed by atoms with Crippen molar-refractivity contribution < 1.29 is 13.6 Å². The Hall–Kier alpha value is -1.69. The molecule has 0 saturated heterocycles. The van der Waals surface area contributed by atoms with Crippen molar-refractivity contribution in [2.45, 2.75) is 6.54 Å². The second-order valence-corrected chi connectivity index (χ2v) is 3.27. The molecule has 0 aliphatic carbocycles. The number of hydrogen-bond acceptors (Lipinski definition) is 3. The van der Waals surface area contributed by atoms with E-state index in [9.17, 15) is 9.18 Å². The number of nitrogens with one attached hydrogen (secondary N) is 1. The van der Waals surface area contributed by atoms with E-state index in [1.165, 1.54) is 41.3 Å². The lowest BCUT2D eigenvalue weighted by molar-refractivity contribution is 0.0968. The van der Waals surface area contributed by atoms with Crippen molar-refractivity contribution in [1.29, 1.82) is 5.41 Å². The molecule has 17 heavy (non-hydrogen) atoms. The monoisotopic (exact) mass is 300 g/mol. The lowest BCUT2D eigenvalue weighted by atomic mass is 10.1. The van der Waals surface area contributed by atoms with Crippen LogP contribution >= 0.6 is 17.0 Å². The van der Waals surface area contributed by atoms with E-state index < -0.39 is 0 Å². The summed E-state index contributed by atoms with van der Waals surface area (Å²) in [6.07, 6.45) is 2.84. The molecule has 1 N–H and O–H groups in total. The lowest BCUT2D eigenvalue weighted by Gasteiger charge is -2.01. The molecule has 0 amide bonds. The van der Waals surface area contributed by atoms with Gasteiger partial charge in [0, 0.05) is 11.8 Å². The van der Waals surface area contributed by atoms with E-state index in [2.05, 4.69) is 0 Å². The summed E-state index contributed by atoms with van der Waals surface area (Å²) in [6, 6.07) is 5.30. The minimum atomic E-state index is -0.381. The maximum atomic E-state index is 12.6. The Morgan fingerprint density at radius 3 is 2.53 bits per heavy atom. The Morgan fingerprint density at radius 2 is 2.00 bits per heavy atom. The number of ketones is 1. The minimum absolute atomic E-state index is 0. The lowest BCUT2D eigenvalue weighted by Crippen LogP contribution is -2.19. The fourth-order valence-corrected chi connectivity index (χ4v) is 1.31. The fourth-order valence-electron chi connectivity index (χ4n) is 1.31. The van der Waals surface area contributed by atoms with Crippen LogP contribution in [-0.2, 0) is 6.54 Å². The van der Waals surface area contributed by atoms with Crippen LogP contribution in [0.4, 0.5) is 4.39 Å². The molecule has 0 unspecified atom stereocenters. The van der Waals surface area contributed by atoms with Gasteiger partial charge in [0.25, 0.3) is 5.68 Å². The first-order chi connectivity index (χ1) is 7.66. The van der Waals surface area contributed by atoms with Crippen molar-refractivity contribution in [1.82, 2.24) is 4.57 Å². The maximum Gasteiger partial charge on any atom is 0.294 e. The highest BCUT2D eigenvalue weighted by Crippen LogP contribution is 2.04. The van der Waals surface area contributed by atoms with Gasteiger partial charge in [0.1, 0.15) is 12.1 Å². The molecule has 4 nitrogen and oxygen atoms in total. The van der Waals surface area contributed by atoms with E-state index in [4.69, 9.17) is 9.83 Å². The average molecular weight is 301 g/mol. The molecule has 0 aliphatic rings. The third-order valence-electron chi connectivity index (χ3n) is 2.16. The van der Waals surface area contributed by atoms with Crippen molar-refractivity contribution in [3.8, 4) is 0 Å². The minimum Gasteiger partial charge on any atom is -0.432 e. The highest BCUT2D eigenvalue weighted by Gasteiger charge is 2.07. The van der Waals surface area contributed by atoms with E-state index >= 15 is 0 Å². The summed E-state index contributed by atoms with van der Waals surface area (Å²) in [5.74, 6) is -0.575. The first-order valence-electron chi connectivity index (χ1n) is 4.64. The summed E-state index contributed by atoms with van der Waals surface area (Å²) in [6.45, 7) is 0.0148. The number of benzene rings is 1. The van der Waals surface area contributed by atoms with Gasteiger partial charge in [-0.2, -0.15) is 0 Å². The molecule has 1 aromatic heterocycles. The molecule has 2 rings (SSSR count). The zero-order chi connectivity index (χ0) is 11.5. The zero-order valence-corrected chi connectivity index (χ0v) is 10.4. The van der Waals surface area contributed by atoms with Gasteiger partial charge in [-0.05, 0) is 24.3 Å². The van der Waals surface area contributed by atoms with Gasteiger partial charge < -0.3 is 4.42 Å². The molecule has 1 heterocycles. The summed E-state index contributed by atoms with van der Waals surface area (Å²) in [7, 11) is 0. The van der Waals surface area contributed by atoms with Crippen LogP contribution < -0.4 is 5.68 Å². The van der Waals surface area contributed by atoms with Gasteiger partial charge in [-0.1, -0.05) is 0 Å². The molecule has 90 valence electrons. The third kappa shape index (κ3) is 3.13. The molecule has 0 bridgehead atoms. The van der Waals surface area contributed by atoms with Crippen molar-refractivity contribution in [3.63, 3.8) is 0 Å². The van der Waals surface area contributed by atoms with Gasteiger partial charge >= 0.3 is 0 Å². The molecule has 1 aromatic carbocycles. The maximum absolute atomic E-state index is 12.6. The predicted octanol–water partition coefficient (Wildman–Crippen LogP) is 2.16. The van der Waals surface area contributed by atoms with Crippen LogP contribution in [0, 0.1) is 11.2 Å². The van der Waals surface area contributed by atoms with Crippen molar-refractivity contribution in [3.05, 3.63) is 53.8 Å². The number of rotatable bonds is 3. The van der Waals surface area contributed by atoms with Gasteiger partial charge in [-0.15, -0.1) is 17.0 Å². The molecule has 0 radical (unpaired) electrons. The molecular formula is C11H10BrFN2O2. The van der Waals surface area contributed by atoms with E-state index in [0.717, 1.165) is 0 Å². The molecule has 0 aliphatic heterocycles. The predicted molar refractivity (Wildman–Crippen MR) is 63.6 cm³/mol. The fraction of sp³-hybridized carbons (Fsp3) is 0.0909. The summed E-state index contributed by atoms with van der Waals surface area (Å²) in [4.78, 5) is 11.7. The molecule has 2 aromatic rings. The summed E-state index contributed by atoms with van der Waals surface area (Å²) in [5, 5.41) is 7.32. The molecule has 0 saturated carbocycles. The number of nitrogens with zero attached hydrogens (tertiary/aromatic N) is 1. The molecule has 0 fully saturated rings. The number of oxazole rings is 1. The number of carbonyl (C=O) groups is 1. The Labute approximate surface area is 107 Å². The highest BCUT2D eigenvalue weighted by molar-refractivity contribution is 8.93. The number of halogens is 2. The second-order valence-electron chi connectivity index (χ2n) is 3.27. The highest BCUT2D eigenvalue weighted by atomic mass is 79.9. The van der Waals surface area contributed by atoms with E-state index in [1.807, 2.05) is 0 Å². The molecular weight excluding hydrogens is 291 g/mol. The van der Waals surface area contributed by atoms with Gasteiger partial charge in [0.15, 0.2) is 5.78 Å². The summed E-state index contributed by atoms with van der Waals surface area (Å²) < 4.78 is 18.7. The smallest absolute Gasteiger partial charge is 0.294 e. The average Bonchev–Trinajstić information content (AvgIpc) is 2.65. The van der Waals surface area contributed by atoms with Crippen LogP contribution in [0.15, 0.2) is 41.1 Å². The van der Waals surface area contributed by atoms with Crippen LogP contribution in [0.1, 0.15) is 10.4 Å². The summed E-state index contributed by atoms with van der Waals surface area (Å²) in [5.41, 5.74) is 0.324. The van der Waals surface area contributed by atoms with Crippen molar-refractivity contribution in [2.75, 3.05) is 0 Å². The second kappa shape index (κ2) is 5.58. The van der Waals surface area contributed by atoms with E-state index in [0.29, 0.717) is 5.56 Å². The Balaban J connectivity index is 0.00000144. The SMILES string of the molecule is Br.N=c1occn1CC(=O)c1ccc(F)cc1. The van der Waals surface area contributed by atoms with E-state index in [-0.39, 0.29) is 40.8 Å². The quantitative estimate of drug-likeness (QED) is 0.883. The Kier molecular flexibility index (Phi) is 4.39. The molecule has 0 spiro atoms. The van der Waals surface area contributed by atoms with Crippen molar-refractivity contribution in [2.24, 2.45) is 0 Å². The topological polar surface area (TPSA) is 59.0 Å². The first-order valence-corrected chi connectivity index (χ1v) is 4.64. The first kappa shape index (κ1) is 13.4. The number of aromatic nitrogens is 1. The van der Waals surface area contributed by atoms with Crippen molar-refractivity contribution >= 4 is 22.8 Å². The molecule has 6 heteroatoms. The Bertz CT molecular complexity index is 559. The number of hydrogen-bond donors (Lipinski definition) is 1. The molecule has 0 atom stereocenters. The van der Waals surface area contributed by atoms with Crippen LogP contribution in [0.3, 0.4) is 0 Å². The van der Waals surface area contributed by atoms with Gasteiger partial charge in [-0.25, -0.2) is 4.39 Å². The van der Waals surface area contributed by atoms with Crippen LogP contribution in [0.5, 0.6) is 0 Å². The van der Waals surface area contributed by atoms with Crippen LogP contribution in [-0.4, -0.2) is 10.4 Å². The van der Waals surface area contributed by atoms with Gasteiger partial charge in [-0.3, -0.25) is 14.8 Å². The number of Topliss-reactive ketones (excluding diaryl/α,β-unsaturated/α-hetero) is 1. The summed E-state index contributed by atoms with van der Waals surface area (Å²) >= 11 is 0. The number of carbonyl (C=O) groups excluding carboxylic acids is 1. The largest absolute Gasteiger partial charge is 0.432 e. The standard InChI is InChI=1S/C11H9FN2O2.BrH/c12-9-3-1-8(2-4-9)10(15)7-14-5-6-16-11(14)13;/h1-6,13H,7H2;1H. The Morgan fingerprint density at radius 1 is 1.35 bits per heavy atom.